The molecule has 0 fully saturated rings. The van der Waals surface area contributed by atoms with Gasteiger partial charge in [0.25, 0.3) is 0 Å². The number of carbonyl (C=O) groups is 2. The average molecular weight is 789 g/mol. The van der Waals surface area contributed by atoms with Crippen molar-refractivity contribution >= 4 is 19.8 Å². The van der Waals surface area contributed by atoms with Gasteiger partial charge in [0.05, 0.1) is 27.7 Å². The van der Waals surface area contributed by atoms with Crippen LogP contribution in [0.15, 0.2) is 12.2 Å². The van der Waals surface area contributed by atoms with E-state index in [1.807, 2.05) is 21.1 Å². The van der Waals surface area contributed by atoms with Crippen LogP contribution in [0.2, 0.25) is 0 Å². The fourth-order valence-corrected chi connectivity index (χ4v) is 6.99. The van der Waals surface area contributed by atoms with Crippen molar-refractivity contribution in [2.24, 2.45) is 0 Å². The second kappa shape index (κ2) is 37.3. The second-order valence-electron chi connectivity index (χ2n) is 16.4. The summed E-state index contributed by atoms with van der Waals surface area (Å²) in [6.07, 6.45) is 38.4. The van der Waals surface area contributed by atoms with E-state index in [0.29, 0.717) is 23.9 Å². The highest BCUT2D eigenvalue weighted by Crippen LogP contribution is 2.43. The Balaban J connectivity index is 4.18. The molecular weight excluding hydrogens is 701 g/mol. The Morgan fingerprint density at radius 1 is 0.556 bits per heavy atom. The lowest BCUT2D eigenvalue weighted by Gasteiger charge is -2.24. The zero-order valence-electron chi connectivity index (χ0n) is 36.0. The lowest BCUT2D eigenvalue weighted by Crippen LogP contribution is -2.37. The fraction of sp³-hybridized carbons (Fsp3) is 0.909. The molecular formula is C44H87NO8P+. The smallest absolute Gasteiger partial charge is 0.462 e. The first-order chi connectivity index (χ1) is 26.0. The first-order valence-electron chi connectivity index (χ1n) is 22.4. The van der Waals surface area contributed by atoms with E-state index in [-0.39, 0.29) is 25.6 Å². The molecule has 0 saturated carbocycles. The van der Waals surface area contributed by atoms with E-state index in [4.69, 9.17) is 18.5 Å². The molecule has 2 atom stereocenters. The predicted molar refractivity (Wildman–Crippen MR) is 224 cm³/mol. The number of hydrogen-bond donors (Lipinski definition) is 1. The normalized spacial score (nSPS) is 13.7. The van der Waals surface area contributed by atoms with E-state index in [1.165, 1.54) is 141 Å². The third-order valence-corrected chi connectivity index (χ3v) is 10.8. The molecule has 1 unspecified atom stereocenters. The SMILES string of the molecule is CCCCCCCC/C=C/CCCCCCCCCCCCCC(=O)OC[C@@H](COP(=O)(O)OCC[N+](C)(C)C)OC(=O)CCCCCCCCCCC. The molecule has 0 bridgehead atoms. The number of carbonyl (C=O) groups excluding carboxylic acids is 2. The highest BCUT2D eigenvalue weighted by Gasteiger charge is 2.27. The Morgan fingerprint density at radius 2 is 0.944 bits per heavy atom. The minimum absolute atomic E-state index is 0.0347. The van der Waals surface area contributed by atoms with Gasteiger partial charge in [0, 0.05) is 12.8 Å². The molecule has 0 saturated heterocycles. The second-order valence-corrected chi connectivity index (χ2v) is 17.9. The molecule has 0 aromatic rings. The summed E-state index contributed by atoms with van der Waals surface area (Å²) in [5.74, 6) is -0.794. The number of ether oxygens (including phenoxy) is 2. The molecule has 0 aliphatic heterocycles. The zero-order valence-corrected chi connectivity index (χ0v) is 36.9. The number of unbranched alkanes of at least 4 members (excludes halogenated alkanes) is 25. The molecule has 9 nitrogen and oxygen atoms in total. The minimum atomic E-state index is -4.36. The molecule has 0 aliphatic rings. The highest BCUT2D eigenvalue weighted by atomic mass is 31.2. The van der Waals surface area contributed by atoms with E-state index in [2.05, 4.69) is 26.0 Å². The van der Waals surface area contributed by atoms with Crippen LogP contribution in [0.4, 0.5) is 0 Å². The molecule has 10 heteroatoms. The molecule has 0 rings (SSSR count). The van der Waals surface area contributed by atoms with E-state index >= 15 is 0 Å². The number of quaternary nitrogens is 1. The summed E-state index contributed by atoms with van der Waals surface area (Å²) in [5.41, 5.74) is 0. The number of esters is 2. The van der Waals surface area contributed by atoms with Gasteiger partial charge >= 0.3 is 19.8 Å². The lowest BCUT2D eigenvalue weighted by atomic mass is 10.0. The largest absolute Gasteiger partial charge is 0.472 e. The van der Waals surface area contributed by atoms with Crippen molar-refractivity contribution < 1.29 is 42.1 Å². The quantitative estimate of drug-likeness (QED) is 0.0214. The predicted octanol–water partition coefficient (Wildman–Crippen LogP) is 12.6. The monoisotopic (exact) mass is 789 g/mol. The van der Waals surface area contributed by atoms with Crippen LogP contribution in [-0.2, 0) is 32.7 Å². The van der Waals surface area contributed by atoms with Crippen molar-refractivity contribution in [3.63, 3.8) is 0 Å². The van der Waals surface area contributed by atoms with Crippen LogP contribution in [0.25, 0.3) is 0 Å². The Hall–Kier alpha value is -1.25. The third-order valence-electron chi connectivity index (χ3n) is 9.80. The Labute approximate surface area is 333 Å². The maximum Gasteiger partial charge on any atom is 0.472 e. The van der Waals surface area contributed by atoms with Gasteiger partial charge in [-0.05, 0) is 38.5 Å². The maximum atomic E-state index is 12.6. The molecule has 0 amide bonds. The summed E-state index contributed by atoms with van der Waals surface area (Å²) >= 11 is 0. The van der Waals surface area contributed by atoms with Crippen molar-refractivity contribution in [2.75, 3.05) is 47.5 Å². The number of likely N-dealkylation sites (N-methyl/N-ethyl adjacent to an activating group) is 1. The number of rotatable bonds is 41. The number of nitrogens with zero attached hydrogens (tertiary/aromatic N) is 1. The molecule has 1 N–H and O–H groups in total. The van der Waals surface area contributed by atoms with Crippen LogP contribution < -0.4 is 0 Å². The molecule has 0 heterocycles. The third kappa shape index (κ3) is 40.4. The summed E-state index contributed by atoms with van der Waals surface area (Å²) in [7, 11) is 1.48. The first-order valence-corrected chi connectivity index (χ1v) is 23.9. The topological polar surface area (TPSA) is 108 Å². The Kier molecular flexibility index (Phi) is 36.5. The van der Waals surface area contributed by atoms with Gasteiger partial charge in [-0.1, -0.05) is 167 Å². The van der Waals surface area contributed by atoms with Gasteiger partial charge < -0.3 is 18.9 Å². The zero-order chi connectivity index (χ0) is 40.0. The molecule has 0 aromatic carbocycles. The van der Waals surface area contributed by atoms with Gasteiger partial charge in [-0.25, -0.2) is 4.57 Å². The van der Waals surface area contributed by atoms with Crippen LogP contribution in [0.5, 0.6) is 0 Å². The number of allylic oxidation sites excluding steroid dienone is 2. The summed E-state index contributed by atoms with van der Waals surface area (Å²) in [6, 6.07) is 0. The number of phosphoric acid groups is 1. The van der Waals surface area contributed by atoms with Crippen molar-refractivity contribution in [3.05, 3.63) is 12.2 Å². The van der Waals surface area contributed by atoms with Crippen molar-refractivity contribution in [3.8, 4) is 0 Å². The fourth-order valence-electron chi connectivity index (χ4n) is 6.24. The van der Waals surface area contributed by atoms with Crippen LogP contribution in [0.1, 0.15) is 206 Å². The van der Waals surface area contributed by atoms with E-state index in [9.17, 15) is 19.0 Å². The van der Waals surface area contributed by atoms with Crippen LogP contribution in [0, 0.1) is 0 Å². The van der Waals surface area contributed by atoms with Crippen molar-refractivity contribution in [1.29, 1.82) is 0 Å². The van der Waals surface area contributed by atoms with Crippen molar-refractivity contribution in [1.82, 2.24) is 0 Å². The summed E-state index contributed by atoms with van der Waals surface area (Å²) in [4.78, 5) is 35.2. The highest BCUT2D eigenvalue weighted by molar-refractivity contribution is 7.47. The van der Waals surface area contributed by atoms with Gasteiger partial charge in [0.1, 0.15) is 19.8 Å². The van der Waals surface area contributed by atoms with Crippen LogP contribution in [0.3, 0.4) is 0 Å². The van der Waals surface area contributed by atoms with Crippen LogP contribution >= 0.6 is 7.82 Å². The summed E-state index contributed by atoms with van der Waals surface area (Å²) in [5, 5.41) is 0. The Bertz CT molecular complexity index is 938. The van der Waals surface area contributed by atoms with Gasteiger partial charge in [-0.15, -0.1) is 0 Å². The first kappa shape index (κ1) is 52.8. The van der Waals surface area contributed by atoms with Crippen LogP contribution in [-0.4, -0.2) is 74.9 Å². The van der Waals surface area contributed by atoms with E-state index < -0.39 is 26.5 Å². The maximum absolute atomic E-state index is 12.6. The lowest BCUT2D eigenvalue weighted by molar-refractivity contribution is -0.870. The van der Waals surface area contributed by atoms with Gasteiger partial charge in [-0.3, -0.25) is 18.6 Å². The molecule has 54 heavy (non-hydrogen) atoms. The molecule has 0 aromatic heterocycles. The molecule has 320 valence electrons. The number of hydrogen-bond acceptors (Lipinski definition) is 7. The van der Waals surface area contributed by atoms with Crippen molar-refractivity contribution in [2.45, 2.75) is 213 Å². The number of phosphoric ester groups is 1. The molecule has 0 spiro atoms. The Morgan fingerprint density at radius 3 is 1.37 bits per heavy atom. The van der Waals surface area contributed by atoms with E-state index in [1.54, 1.807) is 0 Å². The van der Waals surface area contributed by atoms with Gasteiger partial charge in [-0.2, -0.15) is 0 Å². The average Bonchev–Trinajstić information content (AvgIpc) is 3.12. The van der Waals surface area contributed by atoms with Gasteiger partial charge in [0.2, 0.25) is 0 Å². The van der Waals surface area contributed by atoms with Gasteiger partial charge in [0.15, 0.2) is 6.10 Å². The standard InChI is InChI=1S/C44H86NO8P/c1-6-8-10-12-14-16-17-18-19-20-21-22-23-24-25-26-27-29-30-32-34-36-43(46)50-40-42(41-52-54(48,49)51-39-38-45(3,4)5)53-44(47)37-35-33-31-28-15-13-11-9-7-2/h18-19,42H,6-17,20-41H2,1-5H3/p+1/b19-18+/t42-/m0/s1. The minimum Gasteiger partial charge on any atom is -0.462 e. The molecule has 0 radical (unpaired) electrons. The van der Waals surface area contributed by atoms with E-state index in [0.717, 1.165) is 32.1 Å². The summed E-state index contributed by atoms with van der Waals surface area (Å²) < 4.78 is 34.2. The summed E-state index contributed by atoms with van der Waals surface area (Å²) in [6.45, 7) is 4.41. The molecule has 0 aliphatic carbocycles.